The Bertz CT molecular complexity index is 1090. The largest absolute Gasteiger partial charge is 0.480 e. The summed E-state index contributed by atoms with van der Waals surface area (Å²) in [6.45, 7) is 0.150. The van der Waals surface area contributed by atoms with Crippen LogP contribution in [0.5, 0.6) is 0 Å². The summed E-state index contributed by atoms with van der Waals surface area (Å²) in [4.78, 5) is 25.4. The first-order valence-corrected chi connectivity index (χ1v) is 10.7. The number of rotatable bonds is 5. The second-order valence-corrected chi connectivity index (χ2v) is 8.77. The van der Waals surface area contributed by atoms with E-state index in [0.717, 1.165) is 10.7 Å². The maximum absolute atomic E-state index is 14.3. The predicted octanol–water partition coefficient (Wildman–Crippen LogP) is 3.08. The van der Waals surface area contributed by atoms with E-state index < -0.39 is 29.7 Å². The van der Waals surface area contributed by atoms with Crippen LogP contribution in [-0.2, 0) is 35.3 Å². The zero-order chi connectivity index (χ0) is 23.9. The van der Waals surface area contributed by atoms with E-state index in [0.29, 0.717) is 13.0 Å². The van der Waals surface area contributed by atoms with Crippen LogP contribution in [0.4, 0.5) is 17.6 Å². The van der Waals surface area contributed by atoms with Crippen molar-refractivity contribution in [2.45, 2.75) is 44.6 Å². The van der Waals surface area contributed by atoms with E-state index in [1.54, 1.807) is 0 Å². The number of amides is 1. The van der Waals surface area contributed by atoms with Gasteiger partial charge in [0.15, 0.2) is 5.69 Å². The second-order valence-electron chi connectivity index (χ2n) is 8.34. The van der Waals surface area contributed by atoms with Gasteiger partial charge in [-0.3, -0.25) is 14.3 Å². The number of aliphatic carboxylic acids is 1. The minimum atomic E-state index is -4.68. The molecule has 4 rings (SSSR count). The summed E-state index contributed by atoms with van der Waals surface area (Å²) >= 11 is 5.76. The van der Waals surface area contributed by atoms with Crippen LogP contribution in [0.25, 0.3) is 0 Å². The number of aromatic nitrogens is 2. The molecule has 2 unspecified atom stereocenters. The summed E-state index contributed by atoms with van der Waals surface area (Å²) in [6, 6.07) is 3.20. The van der Waals surface area contributed by atoms with Gasteiger partial charge in [-0.05, 0) is 37.4 Å². The van der Waals surface area contributed by atoms with Gasteiger partial charge in [-0.25, -0.2) is 4.39 Å². The Hall–Kier alpha value is -2.66. The average molecular weight is 489 g/mol. The molecule has 0 aliphatic carbocycles. The van der Waals surface area contributed by atoms with Crippen molar-refractivity contribution < 1.29 is 32.3 Å². The highest BCUT2D eigenvalue weighted by Gasteiger charge is 2.41. The molecule has 2 aliphatic heterocycles. The Morgan fingerprint density at radius 2 is 2.06 bits per heavy atom. The van der Waals surface area contributed by atoms with Gasteiger partial charge in [-0.1, -0.05) is 17.7 Å². The highest BCUT2D eigenvalue weighted by atomic mass is 35.5. The molecule has 12 heteroatoms. The molecular formula is C21H21ClF4N4O3. The molecule has 1 aromatic carbocycles. The van der Waals surface area contributed by atoms with Crippen molar-refractivity contribution in [1.82, 2.24) is 20.0 Å². The molecule has 2 atom stereocenters. The van der Waals surface area contributed by atoms with Crippen molar-refractivity contribution in [3.8, 4) is 0 Å². The Balaban J connectivity index is 1.55. The summed E-state index contributed by atoms with van der Waals surface area (Å²) in [5.41, 5.74) is -0.680. The van der Waals surface area contributed by atoms with Gasteiger partial charge in [0, 0.05) is 29.1 Å². The summed E-state index contributed by atoms with van der Waals surface area (Å²) < 4.78 is 56.1. The van der Waals surface area contributed by atoms with Gasteiger partial charge < -0.3 is 15.3 Å². The number of nitrogens with one attached hydrogen (secondary N) is 1. The molecule has 2 aliphatic rings. The second kappa shape index (κ2) is 8.94. The van der Waals surface area contributed by atoms with E-state index >= 15 is 0 Å². The van der Waals surface area contributed by atoms with Crippen molar-refractivity contribution >= 4 is 23.5 Å². The minimum Gasteiger partial charge on any atom is -0.480 e. The fourth-order valence-electron chi connectivity index (χ4n) is 4.39. The number of benzene rings is 1. The lowest BCUT2D eigenvalue weighted by Crippen LogP contribution is -2.38. The normalized spacial score (nSPS) is 20.7. The molecular weight excluding hydrogens is 468 g/mol. The molecule has 1 amide bonds. The molecule has 0 spiro atoms. The van der Waals surface area contributed by atoms with Crippen LogP contribution in [0.3, 0.4) is 0 Å². The summed E-state index contributed by atoms with van der Waals surface area (Å²) in [6.07, 6.45) is -4.30. The van der Waals surface area contributed by atoms with E-state index in [4.69, 9.17) is 16.7 Å². The first-order chi connectivity index (χ1) is 15.5. The van der Waals surface area contributed by atoms with Crippen LogP contribution in [0.2, 0.25) is 5.02 Å². The van der Waals surface area contributed by atoms with Crippen LogP contribution >= 0.6 is 11.6 Å². The molecule has 0 saturated carbocycles. The van der Waals surface area contributed by atoms with Crippen molar-refractivity contribution in [3.63, 3.8) is 0 Å². The van der Waals surface area contributed by atoms with Crippen LogP contribution in [0.15, 0.2) is 18.2 Å². The number of hydrogen-bond donors (Lipinski definition) is 2. The fourth-order valence-corrected chi connectivity index (χ4v) is 4.55. The van der Waals surface area contributed by atoms with E-state index in [1.807, 2.05) is 0 Å². The maximum Gasteiger partial charge on any atom is 0.435 e. The summed E-state index contributed by atoms with van der Waals surface area (Å²) in [5.74, 6) is -2.08. The quantitative estimate of drug-likeness (QED) is 0.632. The molecule has 0 radical (unpaired) electrons. The number of hydrogen-bond acceptors (Lipinski definition) is 4. The molecule has 3 heterocycles. The van der Waals surface area contributed by atoms with Crippen molar-refractivity contribution in [3.05, 3.63) is 51.6 Å². The molecule has 1 aromatic heterocycles. The Kier molecular flexibility index (Phi) is 6.37. The monoisotopic (exact) mass is 488 g/mol. The van der Waals surface area contributed by atoms with Gasteiger partial charge in [0.2, 0.25) is 5.91 Å². The van der Waals surface area contributed by atoms with Crippen LogP contribution in [0.1, 0.15) is 35.4 Å². The minimum absolute atomic E-state index is 0.00870. The Labute approximate surface area is 191 Å². The lowest BCUT2D eigenvalue weighted by molar-refractivity contribution is -0.142. The van der Waals surface area contributed by atoms with Crippen molar-refractivity contribution in [2.24, 2.45) is 5.92 Å². The zero-order valence-electron chi connectivity index (χ0n) is 17.3. The molecule has 1 fully saturated rings. The number of alkyl halides is 3. The number of halogens is 5. The van der Waals surface area contributed by atoms with E-state index in [2.05, 4.69) is 10.4 Å². The number of nitrogens with zero attached hydrogens (tertiary/aromatic N) is 3. The van der Waals surface area contributed by atoms with E-state index in [1.165, 1.54) is 17.0 Å². The van der Waals surface area contributed by atoms with Crippen molar-refractivity contribution in [2.75, 3.05) is 13.1 Å². The van der Waals surface area contributed by atoms with Gasteiger partial charge in [-0.15, -0.1) is 0 Å². The standard InChI is InChI=1S/C21H21ClF4N4O3/c22-13-2-1-12(15(23)7-13)9-30-17-10-29(4-3-14(17)19(28-30)21(24,25)26)18(31)6-11-5-16(20(32)33)27-8-11/h1-2,7,11,16,27H,3-6,8-10H2,(H,32,33). The smallest absolute Gasteiger partial charge is 0.435 e. The molecule has 2 N–H and O–H groups in total. The number of carbonyl (C=O) groups excluding carboxylic acids is 1. The average Bonchev–Trinajstić information content (AvgIpc) is 3.34. The predicted molar refractivity (Wildman–Crippen MR) is 109 cm³/mol. The third-order valence-corrected chi connectivity index (χ3v) is 6.31. The lowest BCUT2D eigenvalue weighted by Gasteiger charge is -2.29. The fraction of sp³-hybridized carbons (Fsp3) is 0.476. The number of carboxylic acids is 1. The highest BCUT2D eigenvalue weighted by Crippen LogP contribution is 2.36. The third kappa shape index (κ3) is 4.98. The van der Waals surface area contributed by atoms with Gasteiger partial charge in [0.05, 0.1) is 18.8 Å². The first-order valence-electron chi connectivity index (χ1n) is 10.4. The van der Waals surface area contributed by atoms with Gasteiger partial charge in [0.25, 0.3) is 0 Å². The molecule has 178 valence electrons. The highest BCUT2D eigenvalue weighted by molar-refractivity contribution is 6.30. The number of fused-ring (bicyclic) bond motifs is 1. The summed E-state index contributed by atoms with van der Waals surface area (Å²) in [7, 11) is 0. The van der Waals surface area contributed by atoms with E-state index in [-0.39, 0.29) is 66.1 Å². The molecule has 2 aromatic rings. The molecule has 33 heavy (non-hydrogen) atoms. The Morgan fingerprint density at radius 1 is 1.30 bits per heavy atom. The van der Waals surface area contributed by atoms with E-state index in [9.17, 15) is 27.2 Å². The molecule has 1 saturated heterocycles. The van der Waals surface area contributed by atoms with Crippen molar-refractivity contribution in [1.29, 1.82) is 0 Å². The molecule has 7 nitrogen and oxygen atoms in total. The first kappa shape index (κ1) is 23.5. The third-order valence-electron chi connectivity index (χ3n) is 6.08. The van der Waals surface area contributed by atoms with Gasteiger partial charge >= 0.3 is 12.1 Å². The van der Waals surface area contributed by atoms with Crippen LogP contribution in [-0.4, -0.2) is 50.8 Å². The SMILES string of the molecule is O=C(O)C1CC(CC(=O)N2CCc3c(C(F)(F)F)nn(Cc4ccc(Cl)cc4F)c3C2)CN1. The Morgan fingerprint density at radius 3 is 2.70 bits per heavy atom. The molecule has 0 bridgehead atoms. The maximum atomic E-state index is 14.3. The number of carbonyl (C=O) groups is 2. The summed E-state index contributed by atoms with van der Waals surface area (Å²) in [5, 5.41) is 15.8. The number of carboxylic acid groups (broad SMARTS) is 1. The zero-order valence-corrected chi connectivity index (χ0v) is 18.1. The van der Waals surface area contributed by atoms with Crippen LogP contribution in [0, 0.1) is 11.7 Å². The van der Waals surface area contributed by atoms with Crippen LogP contribution < -0.4 is 5.32 Å². The van der Waals surface area contributed by atoms with Gasteiger partial charge in [-0.2, -0.15) is 18.3 Å². The topological polar surface area (TPSA) is 87.5 Å². The lowest BCUT2D eigenvalue weighted by atomic mass is 9.99. The van der Waals surface area contributed by atoms with Gasteiger partial charge in [0.1, 0.15) is 11.9 Å².